The standard InChI is InChI=1S/C22H14Cl2N2O3S/c1-10-11(2)30-22(25-10)26-18(12-3-5-13(23)6-4-12)17-19(27)15-9-14(24)7-8-16(15)29-20(17)21(26)28/h3-9,18H,1-2H3/t18-/m1/s1. The molecule has 0 fully saturated rings. The molecule has 0 saturated carbocycles. The fourth-order valence-electron chi connectivity index (χ4n) is 3.66. The van der Waals surface area contributed by atoms with E-state index in [1.807, 2.05) is 13.8 Å². The molecule has 5 rings (SSSR count). The van der Waals surface area contributed by atoms with Gasteiger partial charge in [0.1, 0.15) is 5.58 Å². The van der Waals surface area contributed by atoms with Crippen molar-refractivity contribution in [2.75, 3.05) is 4.90 Å². The van der Waals surface area contributed by atoms with Gasteiger partial charge < -0.3 is 4.42 Å². The third-order valence-corrected chi connectivity index (χ3v) is 6.80. The van der Waals surface area contributed by atoms with Crippen LogP contribution in [0.25, 0.3) is 11.0 Å². The van der Waals surface area contributed by atoms with Crippen LogP contribution in [0.2, 0.25) is 10.0 Å². The van der Waals surface area contributed by atoms with Gasteiger partial charge in [-0.25, -0.2) is 4.98 Å². The second-order valence-corrected chi connectivity index (χ2v) is 9.14. The Morgan fingerprint density at radius 1 is 1.03 bits per heavy atom. The number of halogens is 2. The number of thiazole rings is 1. The lowest BCUT2D eigenvalue weighted by atomic mass is 9.99. The summed E-state index contributed by atoms with van der Waals surface area (Å²) in [6, 6.07) is 11.2. The third kappa shape index (κ3) is 2.87. The normalized spacial score (nSPS) is 15.8. The van der Waals surface area contributed by atoms with E-state index in [9.17, 15) is 9.59 Å². The fourth-order valence-corrected chi connectivity index (χ4v) is 4.90. The summed E-state index contributed by atoms with van der Waals surface area (Å²) in [4.78, 5) is 34.0. The first-order valence-corrected chi connectivity index (χ1v) is 10.7. The monoisotopic (exact) mass is 456 g/mol. The van der Waals surface area contributed by atoms with Crippen molar-refractivity contribution < 1.29 is 9.21 Å². The Kier molecular flexibility index (Phi) is 4.47. The van der Waals surface area contributed by atoms with Gasteiger partial charge in [-0.05, 0) is 49.7 Å². The van der Waals surface area contributed by atoms with Crippen molar-refractivity contribution in [3.05, 3.63) is 90.2 Å². The zero-order chi connectivity index (χ0) is 21.2. The van der Waals surface area contributed by atoms with E-state index >= 15 is 0 Å². The SMILES string of the molecule is Cc1nc(N2C(=O)c3oc4ccc(Cl)cc4c(=O)c3[C@H]2c2ccc(Cl)cc2)sc1C. The van der Waals surface area contributed by atoms with E-state index in [0.29, 0.717) is 26.1 Å². The molecule has 4 aromatic rings. The average Bonchev–Trinajstić information content (AvgIpc) is 3.20. The molecule has 0 spiro atoms. The first-order chi connectivity index (χ1) is 14.3. The molecule has 5 nitrogen and oxygen atoms in total. The number of anilines is 1. The number of rotatable bonds is 2. The number of aryl methyl sites for hydroxylation is 2. The molecule has 1 amide bonds. The lowest BCUT2D eigenvalue weighted by molar-refractivity contribution is 0.0971. The van der Waals surface area contributed by atoms with Crippen molar-refractivity contribution in [1.82, 2.24) is 4.98 Å². The van der Waals surface area contributed by atoms with E-state index in [2.05, 4.69) is 4.98 Å². The molecular formula is C22H14Cl2N2O3S. The van der Waals surface area contributed by atoms with Gasteiger partial charge in [-0.3, -0.25) is 14.5 Å². The second-order valence-electron chi connectivity index (χ2n) is 7.08. The first kappa shape index (κ1) is 19.3. The number of carbonyl (C=O) groups excluding carboxylic acids is 1. The quantitative estimate of drug-likeness (QED) is 0.375. The maximum atomic E-state index is 13.5. The summed E-state index contributed by atoms with van der Waals surface area (Å²) >= 11 is 13.6. The zero-order valence-corrected chi connectivity index (χ0v) is 18.2. The van der Waals surface area contributed by atoms with Crippen LogP contribution in [-0.4, -0.2) is 10.9 Å². The number of fused-ring (bicyclic) bond motifs is 2. The maximum Gasteiger partial charge on any atom is 0.297 e. The van der Waals surface area contributed by atoms with Crippen LogP contribution in [0.3, 0.4) is 0 Å². The van der Waals surface area contributed by atoms with Crippen LogP contribution in [0.4, 0.5) is 5.13 Å². The Morgan fingerprint density at radius 3 is 2.40 bits per heavy atom. The Balaban J connectivity index is 1.82. The minimum atomic E-state index is -0.672. The van der Waals surface area contributed by atoms with Crippen molar-refractivity contribution in [3.63, 3.8) is 0 Å². The molecule has 2 aromatic heterocycles. The maximum absolute atomic E-state index is 13.5. The number of hydrogen-bond acceptors (Lipinski definition) is 5. The summed E-state index contributed by atoms with van der Waals surface area (Å²) in [6.07, 6.45) is 0. The molecule has 8 heteroatoms. The molecule has 2 aromatic carbocycles. The van der Waals surface area contributed by atoms with Gasteiger partial charge >= 0.3 is 0 Å². The van der Waals surface area contributed by atoms with E-state index in [1.165, 1.54) is 16.2 Å². The Labute approximate surface area is 185 Å². The third-order valence-electron chi connectivity index (χ3n) is 5.24. The molecule has 1 aliphatic rings. The zero-order valence-electron chi connectivity index (χ0n) is 15.9. The number of nitrogens with zero attached hydrogens (tertiary/aromatic N) is 2. The molecule has 0 saturated heterocycles. The van der Waals surface area contributed by atoms with Crippen LogP contribution in [0, 0.1) is 13.8 Å². The molecule has 0 radical (unpaired) electrons. The van der Waals surface area contributed by atoms with E-state index in [0.717, 1.165) is 16.1 Å². The summed E-state index contributed by atoms with van der Waals surface area (Å²) in [5, 5.41) is 1.84. The molecule has 30 heavy (non-hydrogen) atoms. The summed E-state index contributed by atoms with van der Waals surface area (Å²) in [5.41, 5.74) is 1.90. The van der Waals surface area contributed by atoms with E-state index in [4.69, 9.17) is 27.6 Å². The van der Waals surface area contributed by atoms with Crippen molar-refractivity contribution >= 4 is 56.5 Å². The summed E-state index contributed by atoms with van der Waals surface area (Å²) in [5.74, 6) is -0.368. The first-order valence-electron chi connectivity index (χ1n) is 9.14. The van der Waals surface area contributed by atoms with Gasteiger partial charge in [0, 0.05) is 14.9 Å². The van der Waals surface area contributed by atoms with E-state index in [1.54, 1.807) is 42.5 Å². The van der Waals surface area contributed by atoms with Crippen LogP contribution >= 0.6 is 34.5 Å². The Hall–Kier alpha value is -2.67. The van der Waals surface area contributed by atoms with Gasteiger partial charge in [0.25, 0.3) is 5.91 Å². The molecule has 0 bridgehead atoms. The van der Waals surface area contributed by atoms with Gasteiger partial charge in [-0.1, -0.05) is 35.3 Å². The number of amides is 1. The van der Waals surface area contributed by atoms with Gasteiger partial charge in [0.15, 0.2) is 10.6 Å². The highest BCUT2D eigenvalue weighted by Crippen LogP contribution is 2.43. The predicted molar refractivity (Wildman–Crippen MR) is 119 cm³/mol. The number of carbonyl (C=O) groups is 1. The second kappa shape index (κ2) is 6.94. The molecular weight excluding hydrogens is 443 g/mol. The van der Waals surface area contributed by atoms with Crippen LogP contribution in [0.5, 0.6) is 0 Å². The van der Waals surface area contributed by atoms with E-state index < -0.39 is 11.9 Å². The molecule has 0 aliphatic carbocycles. The smallest absolute Gasteiger partial charge is 0.297 e. The van der Waals surface area contributed by atoms with Gasteiger partial charge in [0.05, 0.1) is 22.7 Å². The molecule has 1 atom stereocenters. The van der Waals surface area contributed by atoms with Crippen LogP contribution in [0.1, 0.15) is 38.3 Å². The summed E-state index contributed by atoms with van der Waals surface area (Å²) in [6.45, 7) is 3.83. The largest absolute Gasteiger partial charge is 0.450 e. The van der Waals surface area contributed by atoms with Crippen molar-refractivity contribution in [1.29, 1.82) is 0 Å². The van der Waals surface area contributed by atoms with Crippen molar-refractivity contribution in [2.24, 2.45) is 0 Å². The van der Waals surface area contributed by atoms with Crippen molar-refractivity contribution in [3.8, 4) is 0 Å². The Morgan fingerprint density at radius 2 is 1.73 bits per heavy atom. The topological polar surface area (TPSA) is 63.4 Å². The number of aromatic nitrogens is 1. The molecule has 3 heterocycles. The highest BCUT2D eigenvalue weighted by molar-refractivity contribution is 7.15. The molecule has 1 aliphatic heterocycles. The average molecular weight is 457 g/mol. The van der Waals surface area contributed by atoms with Gasteiger partial charge in [0.2, 0.25) is 5.76 Å². The predicted octanol–water partition coefficient (Wildman–Crippen LogP) is 5.92. The number of hydrogen-bond donors (Lipinski definition) is 0. The summed E-state index contributed by atoms with van der Waals surface area (Å²) < 4.78 is 5.92. The van der Waals surface area contributed by atoms with Gasteiger partial charge in [-0.15, -0.1) is 11.3 Å². The minimum absolute atomic E-state index is 0.0280. The molecule has 0 N–H and O–H groups in total. The Bertz CT molecular complexity index is 1370. The highest BCUT2D eigenvalue weighted by atomic mass is 35.5. The van der Waals surface area contributed by atoms with Crippen LogP contribution in [0.15, 0.2) is 51.7 Å². The van der Waals surface area contributed by atoms with Crippen LogP contribution in [-0.2, 0) is 0 Å². The fraction of sp³-hybridized carbons (Fsp3) is 0.136. The lowest BCUT2D eigenvalue weighted by Gasteiger charge is -2.22. The number of benzene rings is 2. The van der Waals surface area contributed by atoms with Gasteiger partial charge in [-0.2, -0.15) is 0 Å². The van der Waals surface area contributed by atoms with Crippen molar-refractivity contribution in [2.45, 2.75) is 19.9 Å². The lowest BCUT2D eigenvalue weighted by Crippen LogP contribution is -2.29. The van der Waals surface area contributed by atoms with E-state index in [-0.39, 0.29) is 16.8 Å². The van der Waals surface area contributed by atoms with Crippen LogP contribution < -0.4 is 10.3 Å². The molecule has 150 valence electrons. The summed E-state index contributed by atoms with van der Waals surface area (Å²) in [7, 11) is 0. The molecule has 0 unspecified atom stereocenters. The minimum Gasteiger partial charge on any atom is -0.450 e. The highest BCUT2D eigenvalue weighted by Gasteiger charge is 2.45.